The summed E-state index contributed by atoms with van der Waals surface area (Å²) < 4.78 is 4.58. The van der Waals surface area contributed by atoms with Crippen LogP contribution in [0.1, 0.15) is 227 Å². The van der Waals surface area contributed by atoms with Gasteiger partial charge in [-0.3, -0.25) is 4.98 Å². The number of furan rings is 1. The Kier molecular flexibility index (Phi) is 288. The summed E-state index contributed by atoms with van der Waals surface area (Å²) in [6.07, 6.45) is 6.75. The fraction of sp³-hybridized carbons (Fsp3) is 0.532. The van der Waals surface area contributed by atoms with E-state index in [2.05, 4.69) is 77.0 Å². The molecule has 3 aromatic heterocycles. The quantitative estimate of drug-likeness (QED) is 0.152. The van der Waals surface area contributed by atoms with E-state index >= 15 is 0 Å². The summed E-state index contributed by atoms with van der Waals surface area (Å²) in [5, 5.41) is 6.70. The second kappa shape index (κ2) is 181. The summed E-state index contributed by atoms with van der Waals surface area (Å²) in [5.74, 6) is 0. The summed E-state index contributed by atoms with van der Waals surface area (Å²) in [6.45, 7) is 66.1. The molecule has 390 valence electrons. The minimum Gasteiger partial charge on any atom is -0.473 e. The maximum Gasteiger partial charge on any atom is 0.0902 e. The van der Waals surface area contributed by atoms with Gasteiger partial charge in [-0.2, -0.15) is 11.3 Å². The average molecular weight is 933 g/mol. The number of pyridine rings is 1. The molecule has 3 aromatic carbocycles. The summed E-state index contributed by atoms with van der Waals surface area (Å²) >= 11 is 1.71. The Balaban J connectivity index is -0.0000000324. The zero-order valence-electron chi connectivity index (χ0n) is 50.8. The van der Waals surface area contributed by atoms with E-state index in [4.69, 9.17) is 0 Å². The maximum absolute atomic E-state index is 4.58. The number of benzene rings is 3. The highest BCUT2D eigenvalue weighted by Crippen LogP contribution is 2.11. The van der Waals surface area contributed by atoms with E-state index in [9.17, 15) is 0 Å². The molecular formula is C62H125NOS. The van der Waals surface area contributed by atoms with Crippen molar-refractivity contribution in [2.45, 2.75) is 228 Å². The molecule has 3 heterocycles. The molecule has 0 aliphatic rings. The first kappa shape index (κ1) is 104. The predicted molar refractivity (Wildman–Crippen MR) is 324 cm³/mol. The van der Waals surface area contributed by atoms with Gasteiger partial charge in [0.15, 0.2) is 0 Å². The van der Waals surface area contributed by atoms with Gasteiger partial charge in [0, 0.05) is 12.4 Å². The number of rotatable bonds is 0. The van der Waals surface area contributed by atoms with Gasteiger partial charge in [0.1, 0.15) is 0 Å². The van der Waals surface area contributed by atoms with Gasteiger partial charge in [0.2, 0.25) is 0 Å². The maximum atomic E-state index is 4.58. The largest absolute Gasteiger partial charge is 0.473 e. The molecule has 0 radical (unpaired) electrons. The molecule has 0 aliphatic carbocycles. The van der Waals surface area contributed by atoms with Crippen molar-refractivity contribution >= 4 is 22.1 Å². The smallest absolute Gasteiger partial charge is 0.0902 e. The zero-order chi connectivity index (χ0) is 55.2. The molecule has 0 atom stereocenters. The van der Waals surface area contributed by atoms with Crippen LogP contribution >= 0.6 is 11.3 Å². The van der Waals surface area contributed by atoms with E-state index in [1.165, 1.54) is 16.3 Å². The fourth-order valence-corrected chi connectivity index (χ4v) is 2.89. The molecule has 0 amide bonds. The highest BCUT2D eigenvalue weighted by molar-refractivity contribution is 7.07. The standard InChI is InChI=1S/C10H8.C7H8.C5H5N.C4H4O.C4H4S.16C2H6/c1-2-6-10-8-4-3-7-9(10)5-1;1-7-5-3-2-4-6-7;1-2-4-6-5-3-1;2*1-2-4-5-3-1;16*1-2/h1-8H;2-6H,1H3;1-5H;2*1-4H;16*1-2H3. The monoisotopic (exact) mass is 932 g/mol. The fourth-order valence-electron chi connectivity index (χ4n) is 2.43. The lowest BCUT2D eigenvalue weighted by atomic mass is 10.1. The van der Waals surface area contributed by atoms with Crippen molar-refractivity contribution in [1.82, 2.24) is 4.98 Å². The Morgan fingerprint density at radius 2 is 0.508 bits per heavy atom. The summed E-state index contributed by atoms with van der Waals surface area (Å²) in [5.41, 5.74) is 1.32. The van der Waals surface area contributed by atoms with E-state index in [-0.39, 0.29) is 0 Å². The average Bonchev–Trinajstić information content (AvgIpc) is 4.29. The molecule has 0 N–H and O–H groups in total. The van der Waals surface area contributed by atoms with E-state index in [1.54, 1.807) is 36.3 Å². The van der Waals surface area contributed by atoms with Crippen molar-refractivity contribution in [2.24, 2.45) is 0 Å². The second-order valence-electron chi connectivity index (χ2n) is 6.61. The van der Waals surface area contributed by atoms with Crippen molar-refractivity contribution in [3.05, 3.63) is 163 Å². The number of hydrogen-bond donors (Lipinski definition) is 0. The highest BCUT2D eigenvalue weighted by atomic mass is 32.1. The van der Waals surface area contributed by atoms with Gasteiger partial charge in [0.25, 0.3) is 0 Å². The molecule has 0 fully saturated rings. The molecule has 6 rings (SSSR count). The van der Waals surface area contributed by atoms with Crippen LogP contribution in [0.5, 0.6) is 0 Å². The van der Waals surface area contributed by atoms with Crippen LogP contribution in [0.4, 0.5) is 0 Å². The van der Waals surface area contributed by atoms with Crippen LogP contribution in [-0.4, -0.2) is 4.98 Å². The molecule has 2 nitrogen and oxygen atoms in total. The van der Waals surface area contributed by atoms with Gasteiger partial charge in [-0.1, -0.05) is 324 Å². The molecule has 0 bridgehead atoms. The van der Waals surface area contributed by atoms with Crippen LogP contribution in [0.2, 0.25) is 0 Å². The summed E-state index contributed by atoms with van der Waals surface area (Å²) in [4.78, 5) is 3.78. The number of hydrogen-bond acceptors (Lipinski definition) is 3. The van der Waals surface area contributed by atoms with Crippen LogP contribution < -0.4 is 0 Å². The predicted octanol–water partition coefficient (Wildman–Crippen LogP) is 25.4. The van der Waals surface area contributed by atoms with Gasteiger partial charge < -0.3 is 4.42 Å². The van der Waals surface area contributed by atoms with E-state index < -0.39 is 0 Å². The lowest BCUT2D eigenvalue weighted by Gasteiger charge is -1.92. The van der Waals surface area contributed by atoms with Gasteiger partial charge in [-0.05, 0) is 52.7 Å². The normalized spacial score (nSPS) is 5.92. The number of aryl methyl sites for hydroxylation is 1. The number of fused-ring (bicyclic) bond motifs is 1. The van der Waals surface area contributed by atoms with E-state index in [0.29, 0.717) is 0 Å². The minimum atomic E-state index is 1.31. The van der Waals surface area contributed by atoms with Gasteiger partial charge in [-0.25, -0.2) is 0 Å². The van der Waals surface area contributed by atoms with Crippen LogP contribution in [0.15, 0.2) is 161 Å². The molecular weight excluding hydrogens is 807 g/mol. The Labute approximate surface area is 420 Å². The minimum absolute atomic E-state index is 1.31. The Hall–Kier alpha value is -3.95. The van der Waals surface area contributed by atoms with Crippen molar-refractivity contribution in [3.8, 4) is 0 Å². The lowest BCUT2D eigenvalue weighted by Crippen LogP contribution is -1.67. The molecule has 65 heavy (non-hydrogen) atoms. The molecule has 3 heteroatoms. The highest BCUT2D eigenvalue weighted by Gasteiger charge is 1.85. The number of aromatic nitrogens is 1. The van der Waals surface area contributed by atoms with E-state index in [1.807, 2.05) is 293 Å². The zero-order valence-corrected chi connectivity index (χ0v) is 51.6. The van der Waals surface area contributed by atoms with Crippen LogP contribution in [0, 0.1) is 6.92 Å². The van der Waals surface area contributed by atoms with E-state index in [0.717, 1.165) is 0 Å². The topological polar surface area (TPSA) is 26.0 Å². The van der Waals surface area contributed by atoms with Crippen LogP contribution in [0.3, 0.4) is 0 Å². The summed E-state index contributed by atoms with van der Waals surface area (Å²) in [7, 11) is 0. The second-order valence-corrected chi connectivity index (χ2v) is 7.43. The molecule has 0 unspecified atom stereocenters. The first-order valence-corrected chi connectivity index (χ1v) is 27.6. The first-order chi connectivity index (χ1) is 32.4. The molecule has 0 spiro atoms. The molecule has 0 saturated heterocycles. The lowest BCUT2D eigenvalue weighted by molar-refractivity contribution is 0.567. The van der Waals surface area contributed by atoms with Crippen LogP contribution in [-0.2, 0) is 0 Å². The third-order valence-corrected chi connectivity index (χ3v) is 4.64. The Morgan fingerprint density at radius 1 is 0.277 bits per heavy atom. The van der Waals surface area contributed by atoms with Crippen molar-refractivity contribution in [3.63, 3.8) is 0 Å². The molecule has 0 saturated carbocycles. The van der Waals surface area contributed by atoms with Crippen molar-refractivity contribution in [1.29, 1.82) is 0 Å². The SMILES string of the molecule is CC.CC.CC.CC.CC.CC.CC.CC.CC.CC.CC.CC.CC.CC.CC.CC.Cc1ccccc1.c1ccc2ccccc2c1.c1ccncc1.c1ccoc1.c1ccsc1. The van der Waals surface area contributed by atoms with Crippen LogP contribution in [0.25, 0.3) is 10.8 Å². The molecule has 0 aliphatic heterocycles. The number of thiophene rings is 1. The third-order valence-electron chi connectivity index (χ3n) is 4.02. The van der Waals surface area contributed by atoms with Crippen molar-refractivity contribution < 1.29 is 4.42 Å². The number of nitrogens with zero attached hydrogens (tertiary/aromatic N) is 1. The summed E-state index contributed by atoms with van der Waals surface area (Å²) in [6, 6.07) is 40.4. The Bertz CT molecular complexity index is 1010. The van der Waals surface area contributed by atoms with Gasteiger partial charge in [-0.15, -0.1) is 0 Å². The third kappa shape index (κ3) is 140. The van der Waals surface area contributed by atoms with Gasteiger partial charge >= 0.3 is 0 Å². The Morgan fingerprint density at radius 3 is 0.631 bits per heavy atom. The first-order valence-electron chi connectivity index (χ1n) is 26.6. The van der Waals surface area contributed by atoms with Gasteiger partial charge in [0.05, 0.1) is 12.5 Å². The van der Waals surface area contributed by atoms with Crippen molar-refractivity contribution in [2.75, 3.05) is 0 Å². The molecule has 6 aromatic rings.